The van der Waals surface area contributed by atoms with Crippen LogP contribution in [0, 0.1) is 12.8 Å². The van der Waals surface area contributed by atoms with Gasteiger partial charge >= 0.3 is 0 Å². The largest absolute Gasteiger partial charge is 0.496 e. The van der Waals surface area contributed by atoms with Gasteiger partial charge in [0.05, 0.1) is 7.11 Å². The van der Waals surface area contributed by atoms with E-state index in [4.69, 9.17) is 4.74 Å². The summed E-state index contributed by atoms with van der Waals surface area (Å²) in [6.07, 6.45) is 5.82. The average Bonchev–Trinajstić information content (AvgIpc) is 3.26. The summed E-state index contributed by atoms with van der Waals surface area (Å²) >= 11 is 0. The minimum Gasteiger partial charge on any atom is -0.496 e. The molecule has 3 nitrogen and oxygen atoms in total. The van der Waals surface area contributed by atoms with Crippen molar-refractivity contribution in [2.24, 2.45) is 5.92 Å². The van der Waals surface area contributed by atoms with Gasteiger partial charge in [0, 0.05) is 24.2 Å². The van der Waals surface area contributed by atoms with Crippen molar-refractivity contribution in [3.63, 3.8) is 0 Å². The maximum atomic E-state index is 12.4. The molecule has 1 fully saturated rings. The lowest BCUT2D eigenvalue weighted by molar-refractivity contribution is -0.127. The number of benzene rings is 1. The highest BCUT2D eigenvalue weighted by Crippen LogP contribution is 2.28. The number of carbonyl (C=O) groups is 1. The number of hydrogen-bond donors (Lipinski definition) is 0. The van der Waals surface area contributed by atoms with Gasteiger partial charge < -0.3 is 9.64 Å². The first-order valence-electron chi connectivity index (χ1n) is 7.64. The highest BCUT2D eigenvalue weighted by molar-refractivity contribution is 5.92. The smallest absolute Gasteiger partial charge is 0.246 e. The number of ether oxygens (including phenoxy) is 1. The third kappa shape index (κ3) is 4.35. The summed E-state index contributed by atoms with van der Waals surface area (Å²) in [5, 5.41) is 0. The van der Waals surface area contributed by atoms with E-state index >= 15 is 0 Å². The van der Waals surface area contributed by atoms with Gasteiger partial charge in [-0.05, 0) is 43.9 Å². The summed E-state index contributed by atoms with van der Waals surface area (Å²) in [7, 11) is 1.65. The molecule has 21 heavy (non-hydrogen) atoms. The molecule has 1 saturated carbocycles. The average molecular weight is 287 g/mol. The molecule has 114 valence electrons. The third-order valence-electron chi connectivity index (χ3n) is 3.62. The van der Waals surface area contributed by atoms with Crippen LogP contribution >= 0.6 is 0 Å². The second kappa shape index (κ2) is 6.79. The topological polar surface area (TPSA) is 29.5 Å². The van der Waals surface area contributed by atoms with Crippen LogP contribution in [0.4, 0.5) is 0 Å². The zero-order valence-electron chi connectivity index (χ0n) is 13.4. The lowest BCUT2D eigenvalue weighted by atomic mass is 10.1. The molecule has 1 aromatic carbocycles. The van der Waals surface area contributed by atoms with Gasteiger partial charge in [0.25, 0.3) is 0 Å². The second-order valence-corrected chi connectivity index (χ2v) is 6.19. The molecule has 1 aliphatic carbocycles. The first kappa shape index (κ1) is 15.6. The zero-order chi connectivity index (χ0) is 15.4. The van der Waals surface area contributed by atoms with Crippen molar-refractivity contribution in [2.75, 3.05) is 13.7 Å². The Bertz CT molecular complexity index is 530. The van der Waals surface area contributed by atoms with Crippen molar-refractivity contribution < 1.29 is 9.53 Å². The van der Waals surface area contributed by atoms with Crippen LogP contribution in [0.2, 0.25) is 0 Å². The molecule has 0 heterocycles. The second-order valence-electron chi connectivity index (χ2n) is 6.19. The maximum absolute atomic E-state index is 12.4. The van der Waals surface area contributed by atoms with E-state index in [0.29, 0.717) is 12.0 Å². The van der Waals surface area contributed by atoms with Crippen molar-refractivity contribution in [3.8, 4) is 5.75 Å². The van der Waals surface area contributed by atoms with Gasteiger partial charge in [0.1, 0.15) is 5.75 Å². The third-order valence-corrected chi connectivity index (χ3v) is 3.62. The molecule has 0 aliphatic heterocycles. The van der Waals surface area contributed by atoms with Crippen LogP contribution in [0.3, 0.4) is 0 Å². The molecular formula is C18H25NO2. The van der Waals surface area contributed by atoms with Crippen LogP contribution in [0.5, 0.6) is 5.75 Å². The molecule has 1 amide bonds. The Balaban J connectivity index is 2.12. The van der Waals surface area contributed by atoms with E-state index in [-0.39, 0.29) is 5.91 Å². The van der Waals surface area contributed by atoms with Gasteiger partial charge in [-0.3, -0.25) is 4.79 Å². The monoisotopic (exact) mass is 287 g/mol. The van der Waals surface area contributed by atoms with Crippen LogP contribution in [-0.4, -0.2) is 30.5 Å². The fourth-order valence-corrected chi connectivity index (χ4v) is 2.44. The fraction of sp³-hybridized carbons (Fsp3) is 0.500. The summed E-state index contributed by atoms with van der Waals surface area (Å²) in [5.41, 5.74) is 2.11. The lowest BCUT2D eigenvalue weighted by Gasteiger charge is -2.23. The minimum absolute atomic E-state index is 0.106. The Kier molecular flexibility index (Phi) is 5.05. The van der Waals surface area contributed by atoms with E-state index in [0.717, 1.165) is 36.3 Å². The first-order chi connectivity index (χ1) is 10.0. The van der Waals surface area contributed by atoms with Crippen molar-refractivity contribution in [3.05, 3.63) is 35.4 Å². The summed E-state index contributed by atoms with van der Waals surface area (Å²) in [5.74, 6) is 1.40. The Morgan fingerprint density at radius 3 is 2.71 bits per heavy atom. The highest BCUT2D eigenvalue weighted by Gasteiger charge is 2.31. The van der Waals surface area contributed by atoms with Crippen LogP contribution < -0.4 is 4.74 Å². The quantitative estimate of drug-likeness (QED) is 0.747. The van der Waals surface area contributed by atoms with Gasteiger partial charge in [0.15, 0.2) is 0 Å². The number of carbonyl (C=O) groups excluding carboxylic acids is 1. The van der Waals surface area contributed by atoms with E-state index in [1.54, 1.807) is 13.2 Å². The van der Waals surface area contributed by atoms with Crippen molar-refractivity contribution in [1.82, 2.24) is 4.90 Å². The molecule has 0 aromatic heterocycles. The Morgan fingerprint density at radius 1 is 1.43 bits per heavy atom. The Morgan fingerprint density at radius 2 is 2.14 bits per heavy atom. The molecule has 0 bridgehead atoms. The lowest BCUT2D eigenvalue weighted by Crippen LogP contribution is -2.34. The molecule has 0 radical (unpaired) electrons. The predicted octanol–water partition coefficient (Wildman–Crippen LogP) is 3.66. The van der Waals surface area contributed by atoms with Gasteiger partial charge in [-0.2, -0.15) is 0 Å². The summed E-state index contributed by atoms with van der Waals surface area (Å²) in [6.45, 7) is 7.17. The molecule has 0 saturated heterocycles. The summed E-state index contributed by atoms with van der Waals surface area (Å²) < 4.78 is 5.34. The maximum Gasteiger partial charge on any atom is 0.246 e. The summed E-state index contributed by atoms with van der Waals surface area (Å²) in [6, 6.07) is 6.43. The van der Waals surface area contributed by atoms with Crippen molar-refractivity contribution in [1.29, 1.82) is 0 Å². The highest BCUT2D eigenvalue weighted by atomic mass is 16.5. The van der Waals surface area contributed by atoms with Gasteiger partial charge in [0.2, 0.25) is 5.91 Å². The molecule has 0 spiro atoms. The molecule has 3 heteroatoms. The normalized spacial score (nSPS) is 14.7. The number of aryl methyl sites for hydroxylation is 1. The van der Waals surface area contributed by atoms with E-state index in [2.05, 4.69) is 13.8 Å². The molecular weight excluding hydrogens is 262 g/mol. The van der Waals surface area contributed by atoms with E-state index in [1.807, 2.05) is 36.1 Å². The van der Waals surface area contributed by atoms with Gasteiger partial charge in [-0.1, -0.05) is 25.5 Å². The molecule has 0 atom stereocenters. The Labute approximate surface area is 127 Å². The number of rotatable bonds is 6. The zero-order valence-corrected chi connectivity index (χ0v) is 13.4. The molecule has 2 rings (SSSR count). The van der Waals surface area contributed by atoms with E-state index in [9.17, 15) is 4.79 Å². The number of hydrogen-bond acceptors (Lipinski definition) is 2. The van der Waals surface area contributed by atoms with Crippen LogP contribution in [-0.2, 0) is 4.79 Å². The molecule has 1 aromatic rings. The number of amides is 1. The fourth-order valence-electron chi connectivity index (χ4n) is 2.44. The minimum atomic E-state index is 0.106. The van der Waals surface area contributed by atoms with Crippen molar-refractivity contribution >= 4 is 12.0 Å². The van der Waals surface area contributed by atoms with Crippen molar-refractivity contribution in [2.45, 2.75) is 39.7 Å². The van der Waals surface area contributed by atoms with E-state index < -0.39 is 0 Å². The molecule has 1 aliphatic rings. The van der Waals surface area contributed by atoms with Crippen LogP contribution in [0.25, 0.3) is 6.08 Å². The summed E-state index contributed by atoms with van der Waals surface area (Å²) in [4.78, 5) is 14.4. The first-order valence-corrected chi connectivity index (χ1v) is 7.64. The molecule has 0 unspecified atom stereocenters. The molecule has 0 N–H and O–H groups in total. The van der Waals surface area contributed by atoms with Gasteiger partial charge in [-0.15, -0.1) is 0 Å². The standard InChI is InChI=1S/C18H25NO2/c1-13(2)12-19(16-7-8-16)18(20)10-6-15-11-14(3)5-9-17(15)21-4/h5-6,9-11,13,16H,7-8,12H2,1-4H3/b10-6+. The number of methoxy groups -OCH3 is 1. The van der Waals surface area contributed by atoms with Gasteiger partial charge in [-0.25, -0.2) is 0 Å². The van der Waals surface area contributed by atoms with Crippen LogP contribution in [0.1, 0.15) is 37.8 Å². The Hall–Kier alpha value is -1.77. The number of nitrogens with zero attached hydrogens (tertiary/aromatic N) is 1. The SMILES string of the molecule is COc1ccc(C)cc1/C=C/C(=O)N(CC(C)C)C1CC1. The van der Waals surface area contributed by atoms with E-state index in [1.165, 1.54) is 0 Å². The van der Waals surface area contributed by atoms with Crippen LogP contribution in [0.15, 0.2) is 24.3 Å². The predicted molar refractivity (Wildman–Crippen MR) is 86.3 cm³/mol.